The Morgan fingerprint density at radius 3 is 2.89 bits per heavy atom. The Morgan fingerprint density at radius 1 is 1.50 bits per heavy atom. The largest absolute Gasteiger partial charge is 0.396 e. The van der Waals surface area contributed by atoms with E-state index < -0.39 is 0 Å². The van der Waals surface area contributed by atoms with Crippen LogP contribution >= 0.6 is 22.9 Å². The van der Waals surface area contributed by atoms with Crippen molar-refractivity contribution in [2.24, 2.45) is 5.41 Å². The Hall–Kier alpha value is -0.0900. The van der Waals surface area contributed by atoms with E-state index >= 15 is 0 Å². The molecule has 4 heteroatoms. The average molecular weight is 286 g/mol. The van der Waals surface area contributed by atoms with Gasteiger partial charge in [0.1, 0.15) is 0 Å². The first kappa shape index (κ1) is 12.9. The monoisotopic (exact) mass is 285 g/mol. The zero-order chi connectivity index (χ0) is 12.8. The molecule has 2 fully saturated rings. The molecule has 0 aliphatic carbocycles. The third-order valence-electron chi connectivity index (χ3n) is 4.98. The van der Waals surface area contributed by atoms with Crippen LogP contribution < -0.4 is 0 Å². The maximum Gasteiger partial charge on any atom is 0.0931 e. The minimum atomic E-state index is 0.157. The number of rotatable bonds is 4. The number of fused-ring (bicyclic) bond motifs is 2. The van der Waals surface area contributed by atoms with Gasteiger partial charge in [0.25, 0.3) is 0 Å². The van der Waals surface area contributed by atoms with Crippen LogP contribution in [0.5, 0.6) is 0 Å². The Bertz CT molecular complexity index is 429. The van der Waals surface area contributed by atoms with Crippen LogP contribution in [0.4, 0.5) is 0 Å². The van der Waals surface area contributed by atoms with Crippen LogP contribution in [0.3, 0.4) is 0 Å². The van der Waals surface area contributed by atoms with E-state index in [1.165, 1.54) is 24.1 Å². The number of hydrogen-bond acceptors (Lipinski definition) is 3. The van der Waals surface area contributed by atoms with Crippen molar-refractivity contribution in [3.05, 3.63) is 21.3 Å². The summed E-state index contributed by atoms with van der Waals surface area (Å²) in [6.07, 6.45) is 4.81. The lowest BCUT2D eigenvalue weighted by Gasteiger charge is -2.35. The van der Waals surface area contributed by atoms with Crippen molar-refractivity contribution in [3.63, 3.8) is 0 Å². The second kappa shape index (κ2) is 4.78. The van der Waals surface area contributed by atoms with Gasteiger partial charge in [-0.2, -0.15) is 0 Å². The Labute approximate surface area is 118 Å². The molecule has 2 aliphatic rings. The van der Waals surface area contributed by atoms with Gasteiger partial charge in [-0.15, -0.1) is 11.3 Å². The summed E-state index contributed by atoms with van der Waals surface area (Å²) in [5.74, 6) is 0. The summed E-state index contributed by atoms with van der Waals surface area (Å²) in [5.41, 5.74) is 0.157. The van der Waals surface area contributed by atoms with Crippen LogP contribution in [-0.4, -0.2) is 28.7 Å². The van der Waals surface area contributed by atoms with Crippen LogP contribution in [0, 0.1) is 5.41 Å². The predicted octanol–water partition coefficient (Wildman–Crippen LogP) is 3.53. The minimum Gasteiger partial charge on any atom is -0.396 e. The van der Waals surface area contributed by atoms with E-state index in [2.05, 4.69) is 17.9 Å². The van der Waals surface area contributed by atoms with E-state index in [0.717, 1.165) is 17.3 Å². The fourth-order valence-corrected chi connectivity index (χ4v) is 5.03. The number of halogens is 1. The second-order valence-electron chi connectivity index (χ2n) is 5.70. The highest BCUT2D eigenvalue weighted by atomic mass is 35.5. The van der Waals surface area contributed by atoms with Crippen molar-refractivity contribution < 1.29 is 5.11 Å². The first-order chi connectivity index (χ1) is 8.68. The molecular formula is C14H20ClNOS. The van der Waals surface area contributed by atoms with Crippen LogP contribution in [0.2, 0.25) is 4.34 Å². The first-order valence-corrected chi connectivity index (χ1v) is 7.99. The number of hydrogen-bond donors (Lipinski definition) is 1. The highest BCUT2D eigenvalue weighted by Crippen LogP contribution is 2.52. The lowest BCUT2D eigenvalue weighted by atomic mass is 9.72. The van der Waals surface area contributed by atoms with Gasteiger partial charge in [0.2, 0.25) is 0 Å². The van der Waals surface area contributed by atoms with Gasteiger partial charge in [0, 0.05) is 28.9 Å². The SMILES string of the molecule is CC[C@@]1(CO)C[C@@H]2CC[C@H]1N2Cc1ccc(Cl)s1. The average Bonchev–Trinajstić information content (AvgIpc) is 3.04. The Balaban J connectivity index is 1.78. The molecule has 1 aromatic rings. The van der Waals surface area contributed by atoms with E-state index in [1.54, 1.807) is 11.3 Å². The zero-order valence-electron chi connectivity index (χ0n) is 10.7. The zero-order valence-corrected chi connectivity index (χ0v) is 12.3. The second-order valence-corrected chi connectivity index (χ2v) is 7.50. The van der Waals surface area contributed by atoms with Gasteiger partial charge < -0.3 is 5.11 Å². The molecule has 0 unspecified atom stereocenters. The predicted molar refractivity (Wildman–Crippen MR) is 76.1 cm³/mol. The Kier molecular flexibility index (Phi) is 3.43. The summed E-state index contributed by atoms with van der Waals surface area (Å²) in [5, 5.41) is 9.78. The molecule has 2 aliphatic heterocycles. The standard InChI is InChI=1S/C14H20ClNOS/c1-2-14(9-17)7-10-3-5-12(14)16(10)8-11-4-6-13(15)18-11/h4,6,10,12,17H,2-3,5,7-9H2,1H3/t10-,12+,14-/m0/s1. The smallest absolute Gasteiger partial charge is 0.0931 e. The van der Waals surface area contributed by atoms with Crippen LogP contribution in [0.25, 0.3) is 0 Å². The van der Waals surface area contributed by atoms with Crippen LogP contribution in [-0.2, 0) is 6.54 Å². The van der Waals surface area contributed by atoms with Gasteiger partial charge in [0.15, 0.2) is 0 Å². The summed E-state index contributed by atoms with van der Waals surface area (Å²) in [6.45, 7) is 3.57. The molecule has 3 heterocycles. The number of aliphatic hydroxyl groups excluding tert-OH is 1. The van der Waals surface area contributed by atoms with E-state index in [-0.39, 0.29) is 5.41 Å². The molecule has 0 saturated carbocycles. The fraction of sp³-hybridized carbons (Fsp3) is 0.714. The molecule has 1 N–H and O–H groups in total. The molecule has 18 heavy (non-hydrogen) atoms. The number of thiophene rings is 1. The molecular weight excluding hydrogens is 266 g/mol. The van der Waals surface area contributed by atoms with Crippen molar-refractivity contribution in [1.82, 2.24) is 4.90 Å². The minimum absolute atomic E-state index is 0.157. The Morgan fingerprint density at radius 2 is 2.33 bits per heavy atom. The van der Waals surface area contributed by atoms with Crippen molar-refractivity contribution in [2.45, 2.75) is 51.2 Å². The molecule has 0 spiro atoms. The lowest BCUT2D eigenvalue weighted by Crippen LogP contribution is -2.39. The topological polar surface area (TPSA) is 23.5 Å². The highest BCUT2D eigenvalue weighted by molar-refractivity contribution is 7.16. The normalized spacial score (nSPS) is 35.5. The van der Waals surface area contributed by atoms with Gasteiger partial charge >= 0.3 is 0 Å². The summed E-state index contributed by atoms with van der Waals surface area (Å²) >= 11 is 7.69. The van der Waals surface area contributed by atoms with E-state index in [4.69, 9.17) is 11.6 Å². The maximum absolute atomic E-state index is 9.78. The van der Waals surface area contributed by atoms with Gasteiger partial charge in [-0.1, -0.05) is 18.5 Å². The molecule has 0 amide bonds. The van der Waals surface area contributed by atoms with E-state index in [9.17, 15) is 5.11 Å². The molecule has 0 aromatic carbocycles. The molecule has 2 bridgehead atoms. The molecule has 0 radical (unpaired) electrons. The van der Waals surface area contributed by atoms with Crippen LogP contribution in [0.15, 0.2) is 12.1 Å². The summed E-state index contributed by atoms with van der Waals surface area (Å²) in [6, 6.07) is 5.36. The molecule has 100 valence electrons. The molecule has 3 rings (SSSR count). The van der Waals surface area contributed by atoms with Gasteiger partial charge in [0.05, 0.1) is 10.9 Å². The maximum atomic E-state index is 9.78. The quantitative estimate of drug-likeness (QED) is 0.915. The van der Waals surface area contributed by atoms with E-state index in [1.807, 2.05) is 6.07 Å². The highest BCUT2D eigenvalue weighted by Gasteiger charge is 2.54. The van der Waals surface area contributed by atoms with Crippen molar-refractivity contribution >= 4 is 22.9 Å². The van der Waals surface area contributed by atoms with Crippen molar-refractivity contribution in [2.75, 3.05) is 6.61 Å². The van der Waals surface area contributed by atoms with Gasteiger partial charge in [-0.3, -0.25) is 4.90 Å². The third-order valence-corrected chi connectivity index (χ3v) is 6.19. The third kappa shape index (κ3) is 1.92. The fourth-order valence-electron chi connectivity index (χ4n) is 3.94. The number of aliphatic hydroxyl groups is 1. The van der Waals surface area contributed by atoms with Gasteiger partial charge in [-0.05, 0) is 37.8 Å². The molecule has 1 aromatic heterocycles. The lowest BCUT2D eigenvalue weighted by molar-refractivity contribution is 0.0716. The van der Waals surface area contributed by atoms with Crippen molar-refractivity contribution in [3.8, 4) is 0 Å². The molecule has 2 nitrogen and oxygen atoms in total. The summed E-state index contributed by atoms with van der Waals surface area (Å²) in [4.78, 5) is 3.96. The van der Waals surface area contributed by atoms with Gasteiger partial charge in [-0.25, -0.2) is 0 Å². The first-order valence-electron chi connectivity index (χ1n) is 6.79. The summed E-state index contributed by atoms with van der Waals surface area (Å²) < 4.78 is 0.875. The van der Waals surface area contributed by atoms with Crippen molar-refractivity contribution in [1.29, 1.82) is 0 Å². The molecule has 3 atom stereocenters. The van der Waals surface area contributed by atoms with E-state index in [0.29, 0.717) is 18.7 Å². The number of nitrogens with zero attached hydrogens (tertiary/aromatic N) is 1. The summed E-state index contributed by atoms with van der Waals surface area (Å²) in [7, 11) is 0. The molecule has 2 saturated heterocycles. The van der Waals surface area contributed by atoms with Crippen LogP contribution in [0.1, 0.15) is 37.5 Å².